The van der Waals surface area contributed by atoms with E-state index in [0.717, 1.165) is 79.6 Å². The quantitative estimate of drug-likeness (QED) is 0.725. The van der Waals surface area contributed by atoms with Gasteiger partial charge in [0.1, 0.15) is 0 Å². The van der Waals surface area contributed by atoms with Gasteiger partial charge in [-0.1, -0.05) is 0 Å². The Kier molecular flexibility index (Phi) is 2.87. The number of carbonyl (C=O) groups excluding carboxylic acids is 1. The van der Waals surface area contributed by atoms with E-state index in [2.05, 4.69) is 0 Å². The molecule has 8 bridgehead atoms. The van der Waals surface area contributed by atoms with Crippen LogP contribution in [0.5, 0.6) is 0 Å². The molecule has 8 saturated carbocycles. The maximum absolute atomic E-state index is 13.1. The van der Waals surface area contributed by atoms with Gasteiger partial charge in [0.2, 0.25) is 5.79 Å². The first-order chi connectivity index (χ1) is 12.9. The monoisotopic (exact) mass is 368 g/mol. The van der Waals surface area contributed by atoms with Crippen LogP contribution in [-0.2, 0) is 9.53 Å². The zero-order valence-electron chi connectivity index (χ0n) is 16.3. The van der Waals surface area contributed by atoms with Gasteiger partial charge in [0.15, 0.2) is 0 Å². The number of hydrogen-bond donors (Lipinski definition) is 1. The van der Waals surface area contributed by atoms with E-state index in [1.54, 1.807) is 0 Å². The standard InChI is InChI=1S/C24H32O3/c25-21-20(22-7-14-1-15(8-22)3-16(2-14)9-22)13-24(26,27-21)23-10-17-4-18(11-23)6-19(5-17)12-23/h13-19,26H,1-12H2. The third kappa shape index (κ3) is 2.00. The molecular formula is C24H32O3. The van der Waals surface area contributed by atoms with E-state index in [1.807, 2.05) is 6.08 Å². The third-order valence-corrected chi connectivity index (χ3v) is 10.2. The fraction of sp³-hybridized carbons (Fsp3) is 0.875. The van der Waals surface area contributed by atoms with Crippen molar-refractivity contribution < 1.29 is 14.6 Å². The summed E-state index contributed by atoms with van der Waals surface area (Å²) in [6, 6.07) is 0. The lowest BCUT2D eigenvalue weighted by molar-refractivity contribution is -0.262. The van der Waals surface area contributed by atoms with Gasteiger partial charge in [-0.05, 0) is 119 Å². The SMILES string of the molecule is O=C1OC(O)(C23CC4CC(CC(C4)C2)C3)C=C1C12CC3CC(CC(C3)C1)C2. The normalized spacial score (nSPS) is 60.0. The molecule has 1 unspecified atom stereocenters. The van der Waals surface area contributed by atoms with Crippen molar-refractivity contribution in [3.8, 4) is 0 Å². The van der Waals surface area contributed by atoms with E-state index < -0.39 is 5.79 Å². The van der Waals surface area contributed by atoms with E-state index in [9.17, 15) is 9.90 Å². The Morgan fingerprint density at radius 1 is 0.741 bits per heavy atom. The zero-order chi connectivity index (χ0) is 18.0. The van der Waals surface area contributed by atoms with Gasteiger partial charge < -0.3 is 9.84 Å². The smallest absolute Gasteiger partial charge is 0.337 e. The lowest BCUT2D eigenvalue weighted by Crippen LogP contribution is -2.58. The molecule has 3 nitrogen and oxygen atoms in total. The Morgan fingerprint density at radius 2 is 1.15 bits per heavy atom. The van der Waals surface area contributed by atoms with Crippen LogP contribution < -0.4 is 0 Å². The molecule has 8 fully saturated rings. The number of cyclic esters (lactones) is 1. The van der Waals surface area contributed by atoms with Crippen LogP contribution in [0.2, 0.25) is 0 Å². The van der Waals surface area contributed by atoms with Crippen LogP contribution in [0.4, 0.5) is 0 Å². The molecule has 0 aromatic rings. The van der Waals surface area contributed by atoms with E-state index in [-0.39, 0.29) is 16.8 Å². The lowest BCUT2D eigenvalue weighted by atomic mass is 9.46. The highest BCUT2D eigenvalue weighted by Gasteiger charge is 2.65. The van der Waals surface area contributed by atoms with Crippen molar-refractivity contribution in [1.82, 2.24) is 0 Å². The first-order valence-corrected chi connectivity index (χ1v) is 11.6. The maximum atomic E-state index is 13.1. The van der Waals surface area contributed by atoms with Crippen molar-refractivity contribution in [2.75, 3.05) is 0 Å². The molecule has 3 heteroatoms. The number of hydrogen-bond acceptors (Lipinski definition) is 3. The van der Waals surface area contributed by atoms with E-state index in [1.165, 1.54) is 38.5 Å². The summed E-state index contributed by atoms with van der Waals surface area (Å²) in [6.07, 6.45) is 16.8. The highest BCUT2D eigenvalue weighted by Crippen LogP contribution is 2.68. The second-order valence-electron chi connectivity index (χ2n) is 12.0. The molecule has 8 aliphatic carbocycles. The molecule has 1 heterocycles. The summed E-state index contributed by atoms with van der Waals surface area (Å²) in [6.45, 7) is 0. The molecule has 0 spiro atoms. The number of ether oxygens (including phenoxy) is 1. The van der Waals surface area contributed by atoms with Gasteiger partial charge in [-0.15, -0.1) is 0 Å². The summed E-state index contributed by atoms with van der Waals surface area (Å²) in [5.41, 5.74) is 0.722. The molecule has 0 aromatic heterocycles. The number of rotatable bonds is 2. The summed E-state index contributed by atoms with van der Waals surface area (Å²) in [5, 5.41) is 11.8. The average molecular weight is 369 g/mol. The molecule has 1 N–H and O–H groups in total. The first-order valence-electron chi connectivity index (χ1n) is 11.6. The Bertz CT molecular complexity index is 678. The largest absolute Gasteiger partial charge is 0.425 e. The number of aliphatic hydroxyl groups is 1. The van der Waals surface area contributed by atoms with E-state index >= 15 is 0 Å². The van der Waals surface area contributed by atoms with Crippen molar-refractivity contribution in [2.45, 2.75) is 82.8 Å². The van der Waals surface area contributed by atoms with Crippen LogP contribution in [0.25, 0.3) is 0 Å². The fourth-order valence-electron chi connectivity index (χ4n) is 10.1. The molecule has 9 rings (SSSR count). The Balaban J connectivity index is 1.28. The lowest BCUT2D eigenvalue weighted by Gasteiger charge is -2.59. The fourth-order valence-corrected chi connectivity index (χ4v) is 10.1. The minimum absolute atomic E-state index is 0.0264. The van der Waals surface area contributed by atoms with Crippen LogP contribution in [0, 0.1) is 46.3 Å². The van der Waals surface area contributed by atoms with Gasteiger partial charge >= 0.3 is 5.97 Å². The van der Waals surface area contributed by atoms with Gasteiger partial charge in [0.25, 0.3) is 0 Å². The van der Waals surface area contributed by atoms with Crippen molar-refractivity contribution in [1.29, 1.82) is 0 Å². The van der Waals surface area contributed by atoms with Gasteiger partial charge in [-0.2, -0.15) is 0 Å². The molecule has 0 aromatic carbocycles. The molecule has 9 aliphatic rings. The summed E-state index contributed by atoms with van der Waals surface area (Å²) in [7, 11) is 0. The second-order valence-corrected chi connectivity index (χ2v) is 12.0. The van der Waals surface area contributed by atoms with E-state index in [4.69, 9.17) is 4.74 Å². The van der Waals surface area contributed by atoms with Crippen LogP contribution >= 0.6 is 0 Å². The summed E-state index contributed by atoms with van der Waals surface area (Å²) in [4.78, 5) is 13.1. The predicted octanol–water partition coefficient (Wildman–Crippen LogP) is 4.59. The highest BCUT2D eigenvalue weighted by atomic mass is 16.7. The first kappa shape index (κ1) is 16.0. The van der Waals surface area contributed by atoms with Crippen LogP contribution in [0.1, 0.15) is 77.0 Å². The van der Waals surface area contributed by atoms with Crippen molar-refractivity contribution in [3.63, 3.8) is 0 Å². The Hall–Kier alpha value is -0.830. The van der Waals surface area contributed by atoms with Crippen LogP contribution in [0.15, 0.2) is 11.6 Å². The molecule has 146 valence electrons. The Morgan fingerprint density at radius 3 is 1.59 bits per heavy atom. The predicted molar refractivity (Wildman–Crippen MR) is 100 cm³/mol. The van der Waals surface area contributed by atoms with Crippen molar-refractivity contribution >= 4 is 5.97 Å². The van der Waals surface area contributed by atoms with E-state index in [0.29, 0.717) is 0 Å². The topological polar surface area (TPSA) is 46.5 Å². The minimum Gasteiger partial charge on any atom is -0.425 e. The van der Waals surface area contributed by atoms with Gasteiger partial charge in [-0.25, -0.2) is 4.79 Å². The molecule has 0 amide bonds. The zero-order valence-corrected chi connectivity index (χ0v) is 16.3. The summed E-state index contributed by atoms with van der Waals surface area (Å²) in [5.74, 6) is 3.16. The molecule has 1 aliphatic heterocycles. The van der Waals surface area contributed by atoms with Crippen molar-refractivity contribution in [2.24, 2.45) is 46.3 Å². The number of esters is 1. The molecule has 1 atom stereocenters. The van der Waals surface area contributed by atoms with Crippen LogP contribution in [0.3, 0.4) is 0 Å². The van der Waals surface area contributed by atoms with Gasteiger partial charge in [0, 0.05) is 16.4 Å². The maximum Gasteiger partial charge on any atom is 0.337 e. The molecule has 0 saturated heterocycles. The summed E-state index contributed by atoms with van der Waals surface area (Å²) >= 11 is 0. The minimum atomic E-state index is -1.32. The summed E-state index contributed by atoms with van der Waals surface area (Å²) < 4.78 is 5.96. The molecular weight excluding hydrogens is 336 g/mol. The van der Waals surface area contributed by atoms with Gasteiger partial charge in [0.05, 0.1) is 0 Å². The van der Waals surface area contributed by atoms with Crippen LogP contribution in [-0.4, -0.2) is 16.9 Å². The second kappa shape index (κ2) is 4.83. The van der Waals surface area contributed by atoms with Crippen molar-refractivity contribution in [3.05, 3.63) is 11.6 Å². The van der Waals surface area contributed by atoms with Gasteiger partial charge in [-0.3, -0.25) is 0 Å². The number of carbonyl (C=O) groups is 1. The third-order valence-electron chi connectivity index (χ3n) is 10.2. The average Bonchev–Trinajstić information content (AvgIpc) is 2.90. The Labute approximate surface area is 161 Å². The molecule has 0 radical (unpaired) electrons. The highest BCUT2D eigenvalue weighted by molar-refractivity contribution is 5.93. The molecule has 27 heavy (non-hydrogen) atoms.